The summed E-state index contributed by atoms with van der Waals surface area (Å²) in [4.78, 5) is 18.1. The standard InChI is InChI=1S/C21H24N4O2/c1-2-27-21(26)11-13-24(16-18-7-6-12-22-15-18)17-25-14-10-20(23-25)19-8-4-3-5-9-19/h3-10,12,14-15H,2,11,13,16-17H2,1H3. The molecule has 2 aromatic heterocycles. The van der Waals surface area contributed by atoms with Gasteiger partial charge in [-0.1, -0.05) is 36.4 Å². The van der Waals surface area contributed by atoms with Gasteiger partial charge in [-0.05, 0) is 24.6 Å². The maximum absolute atomic E-state index is 11.8. The molecule has 0 radical (unpaired) electrons. The Bertz CT molecular complexity index is 834. The highest BCUT2D eigenvalue weighted by molar-refractivity contribution is 5.69. The summed E-state index contributed by atoms with van der Waals surface area (Å²) < 4.78 is 6.95. The second kappa shape index (κ2) is 9.64. The Morgan fingerprint density at radius 3 is 2.74 bits per heavy atom. The van der Waals surface area contributed by atoms with Gasteiger partial charge in [0.1, 0.15) is 0 Å². The van der Waals surface area contributed by atoms with Crippen molar-refractivity contribution in [2.45, 2.75) is 26.6 Å². The summed E-state index contributed by atoms with van der Waals surface area (Å²) in [6.45, 7) is 4.09. The molecule has 0 aliphatic rings. The van der Waals surface area contributed by atoms with Gasteiger partial charge >= 0.3 is 5.97 Å². The normalized spacial score (nSPS) is 10.9. The van der Waals surface area contributed by atoms with Crippen LogP contribution < -0.4 is 0 Å². The van der Waals surface area contributed by atoms with Crippen molar-refractivity contribution in [1.82, 2.24) is 19.7 Å². The van der Waals surface area contributed by atoms with Gasteiger partial charge in [0.15, 0.2) is 0 Å². The molecule has 0 amide bonds. The van der Waals surface area contributed by atoms with E-state index in [0.29, 0.717) is 32.8 Å². The van der Waals surface area contributed by atoms with E-state index in [4.69, 9.17) is 4.74 Å². The molecule has 3 rings (SSSR count). The van der Waals surface area contributed by atoms with Crippen molar-refractivity contribution in [3.8, 4) is 11.3 Å². The van der Waals surface area contributed by atoms with Crippen LogP contribution in [0.25, 0.3) is 11.3 Å². The van der Waals surface area contributed by atoms with Crippen molar-refractivity contribution in [1.29, 1.82) is 0 Å². The zero-order valence-electron chi connectivity index (χ0n) is 15.5. The lowest BCUT2D eigenvalue weighted by Crippen LogP contribution is -2.29. The van der Waals surface area contributed by atoms with Crippen LogP contribution in [0.4, 0.5) is 0 Å². The van der Waals surface area contributed by atoms with Gasteiger partial charge in [-0.2, -0.15) is 5.10 Å². The molecule has 6 heteroatoms. The van der Waals surface area contributed by atoms with Gasteiger partial charge in [-0.3, -0.25) is 19.4 Å². The molecule has 0 unspecified atom stereocenters. The van der Waals surface area contributed by atoms with Crippen molar-refractivity contribution in [2.75, 3.05) is 13.2 Å². The minimum absolute atomic E-state index is 0.181. The smallest absolute Gasteiger partial charge is 0.307 e. The number of esters is 1. The first-order valence-corrected chi connectivity index (χ1v) is 9.10. The predicted octanol–water partition coefficient (Wildman–Crippen LogP) is 3.36. The van der Waals surface area contributed by atoms with Crippen LogP contribution in [0.1, 0.15) is 18.9 Å². The summed E-state index contributed by atoms with van der Waals surface area (Å²) >= 11 is 0. The van der Waals surface area contributed by atoms with E-state index in [1.54, 1.807) is 6.20 Å². The molecule has 0 saturated carbocycles. The van der Waals surface area contributed by atoms with E-state index < -0.39 is 0 Å². The van der Waals surface area contributed by atoms with Crippen LogP contribution in [-0.2, 0) is 22.7 Å². The lowest BCUT2D eigenvalue weighted by molar-refractivity contribution is -0.143. The number of hydrogen-bond acceptors (Lipinski definition) is 5. The Balaban J connectivity index is 1.68. The number of ether oxygens (including phenoxy) is 1. The van der Waals surface area contributed by atoms with E-state index in [1.807, 2.05) is 72.5 Å². The first-order valence-electron chi connectivity index (χ1n) is 9.10. The van der Waals surface area contributed by atoms with Crippen molar-refractivity contribution in [3.05, 3.63) is 72.7 Å². The maximum atomic E-state index is 11.8. The van der Waals surface area contributed by atoms with Crippen LogP contribution in [0.2, 0.25) is 0 Å². The zero-order chi connectivity index (χ0) is 18.9. The van der Waals surface area contributed by atoms with Crippen LogP contribution in [-0.4, -0.2) is 38.8 Å². The monoisotopic (exact) mass is 364 g/mol. The number of carbonyl (C=O) groups excluding carboxylic acids is 1. The van der Waals surface area contributed by atoms with E-state index in [9.17, 15) is 4.79 Å². The zero-order valence-corrected chi connectivity index (χ0v) is 15.5. The van der Waals surface area contributed by atoms with E-state index >= 15 is 0 Å². The molecule has 0 aliphatic carbocycles. The number of carbonyl (C=O) groups is 1. The molecule has 0 spiro atoms. The summed E-state index contributed by atoms with van der Waals surface area (Å²) in [6.07, 6.45) is 5.91. The lowest BCUT2D eigenvalue weighted by Gasteiger charge is -2.22. The largest absolute Gasteiger partial charge is 0.466 e. The van der Waals surface area contributed by atoms with Gasteiger partial charge in [-0.25, -0.2) is 0 Å². The number of aromatic nitrogens is 3. The Morgan fingerprint density at radius 1 is 1.15 bits per heavy atom. The van der Waals surface area contributed by atoms with Crippen LogP contribution >= 0.6 is 0 Å². The van der Waals surface area contributed by atoms with Crippen LogP contribution in [0, 0.1) is 0 Å². The van der Waals surface area contributed by atoms with Crippen molar-refractivity contribution in [3.63, 3.8) is 0 Å². The fraction of sp³-hybridized carbons (Fsp3) is 0.286. The summed E-state index contributed by atoms with van der Waals surface area (Å²) in [7, 11) is 0. The number of benzene rings is 1. The molecule has 140 valence electrons. The highest BCUT2D eigenvalue weighted by atomic mass is 16.5. The predicted molar refractivity (Wildman–Crippen MR) is 104 cm³/mol. The first-order chi connectivity index (χ1) is 13.2. The van der Waals surface area contributed by atoms with Crippen molar-refractivity contribution >= 4 is 5.97 Å². The van der Waals surface area contributed by atoms with E-state index in [2.05, 4.69) is 15.0 Å². The lowest BCUT2D eigenvalue weighted by atomic mass is 10.2. The molecule has 2 heterocycles. The second-order valence-corrected chi connectivity index (χ2v) is 6.22. The third kappa shape index (κ3) is 5.76. The number of rotatable bonds is 9. The molecule has 0 bridgehead atoms. The molecule has 0 fully saturated rings. The van der Waals surface area contributed by atoms with Gasteiger partial charge in [0.25, 0.3) is 0 Å². The summed E-state index contributed by atoms with van der Waals surface area (Å²) in [5, 5.41) is 4.67. The molecule has 0 N–H and O–H groups in total. The molecule has 6 nitrogen and oxygen atoms in total. The Morgan fingerprint density at radius 2 is 2.00 bits per heavy atom. The van der Waals surface area contributed by atoms with E-state index in [0.717, 1.165) is 16.8 Å². The SMILES string of the molecule is CCOC(=O)CCN(Cc1cccnc1)Cn1ccc(-c2ccccc2)n1. The van der Waals surface area contributed by atoms with E-state index in [1.165, 1.54) is 0 Å². The maximum Gasteiger partial charge on any atom is 0.307 e. The van der Waals surface area contributed by atoms with Crippen LogP contribution in [0.3, 0.4) is 0 Å². The quantitative estimate of drug-likeness (QED) is 0.545. The Hall–Kier alpha value is -2.99. The van der Waals surface area contributed by atoms with Crippen LogP contribution in [0.5, 0.6) is 0 Å². The molecule has 27 heavy (non-hydrogen) atoms. The van der Waals surface area contributed by atoms with Gasteiger partial charge in [0.05, 0.1) is 25.4 Å². The highest BCUT2D eigenvalue weighted by Crippen LogP contribution is 2.16. The van der Waals surface area contributed by atoms with Gasteiger partial charge in [0.2, 0.25) is 0 Å². The topological polar surface area (TPSA) is 60.2 Å². The molecule has 1 aromatic carbocycles. The number of nitrogens with zero attached hydrogens (tertiary/aromatic N) is 4. The number of pyridine rings is 1. The van der Waals surface area contributed by atoms with Gasteiger partial charge in [-0.15, -0.1) is 0 Å². The summed E-state index contributed by atoms with van der Waals surface area (Å²) in [5.74, 6) is -0.181. The minimum atomic E-state index is -0.181. The highest BCUT2D eigenvalue weighted by Gasteiger charge is 2.12. The van der Waals surface area contributed by atoms with Crippen molar-refractivity contribution in [2.24, 2.45) is 0 Å². The average molecular weight is 364 g/mol. The van der Waals surface area contributed by atoms with Crippen LogP contribution in [0.15, 0.2) is 67.1 Å². The van der Waals surface area contributed by atoms with Crippen molar-refractivity contribution < 1.29 is 9.53 Å². The first kappa shape index (κ1) is 18.8. The summed E-state index contributed by atoms with van der Waals surface area (Å²) in [5.41, 5.74) is 3.11. The fourth-order valence-electron chi connectivity index (χ4n) is 2.84. The molecule has 0 saturated heterocycles. The average Bonchev–Trinajstić information content (AvgIpc) is 3.16. The number of hydrogen-bond donors (Lipinski definition) is 0. The molecular formula is C21H24N4O2. The third-order valence-corrected chi connectivity index (χ3v) is 4.12. The van der Waals surface area contributed by atoms with E-state index in [-0.39, 0.29) is 5.97 Å². The molecular weight excluding hydrogens is 340 g/mol. The Kier molecular flexibility index (Phi) is 6.71. The molecule has 0 aliphatic heterocycles. The molecule has 3 aromatic rings. The second-order valence-electron chi connectivity index (χ2n) is 6.22. The van der Waals surface area contributed by atoms with Gasteiger partial charge in [0, 0.05) is 37.2 Å². The minimum Gasteiger partial charge on any atom is -0.466 e. The fourth-order valence-corrected chi connectivity index (χ4v) is 2.84. The third-order valence-electron chi connectivity index (χ3n) is 4.12. The molecule has 0 atom stereocenters. The van der Waals surface area contributed by atoms with Gasteiger partial charge < -0.3 is 4.74 Å². The Labute approximate surface area is 159 Å². The summed E-state index contributed by atoms with van der Waals surface area (Å²) in [6, 6.07) is 16.0.